The number of aromatic amines is 5. The van der Waals surface area contributed by atoms with E-state index in [0.717, 1.165) is 26.8 Å². The summed E-state index contributed by atoms with van der Waals surface area (Å²) in [5.74, 6) is 1.09. The van der Waals surface area contributed by atoms with E-state index in [4.69, 9.17) is 11.6 Å². The molecule has 0 saturated carbocycles. The molecule has 5 heterocycles. The molecule has 5 N–H and O–H groups in total. The zero-order chi connectivity index (χ0) is 50.1. The van der Waals surface area contributed by atoms with Gasteiger partial charge >= 0.3 is 0 Å². The fraction of sp³-hybridized carbons (Fsp3) is 0.333. The van der Waals surface area contributed by atoms with Crippen LogP contribution in [-0.4, -0.2) is 24.9 Å². The molecule has 0 saturated heterocycles. The smallest absolute Gasteiger partial charge is 0.123 e. The molecule has 10 rings (SSSR count). The predicted octanol–water partition coefficient (Wildman–Crippen LogP) is 20.4. The molecule has 10 aromatic rings. The van der Waals surface area contributed by atoms with E-state index in [0.29, 0.717) is 11.8 Å². The molecule has 362 valence electrons. The third-order valence-corrected chi connectivity index (χ3v) is 10.4. The van der Waals surface area contributed by atoms with E-state index >= 15 is 0 Å². The third kappa shape index (κ3) is 19.4. The SMILES string of the molecule is CC.CC.CC.CC.CC.CC(C)c1ccc2[nH]ccc2c1.CCC(C)c1ccc2[nH]ccc2c1.CCCc1ccc2[nH]ccc2c1.Clc1ccc2[nH]ccc2c1.Fc1ccc2[nH]ccc2c1. The topological polar surface area (TPSA) is 78.9 Å². The van der Waals surface area contributed by atoms with Gasteiger partial charge in [0.2, 0.25) is 0 Å². The number of hydrogen-bond donors (Lipinski definition) is 5. The van der Waals surface area contributed by atoms with E-state index in [2.05, 4.69) is 132 Å². The molecule has 0 amide bonds. The van der Waals surface area contributed by atoms with Crippen LogP contribution in [0.15, 0.2) is 152 Å². The van der Waals surface area contributed by atoms with Gasteiger partial charge in [0, 0.05) is 74.4 Å². The van der Waals surface area contributed by atoms with Crippen molar-refractivity contribution in [2.24, 2.45) is 0 Å². The van der Waals surface area contributed by atoms with Crippen molar-refractivity contribution in [3.8, 4) is 0 Å². The molecule has 0 spiro atoms. The standard InChI is InChI=1S/C12H15N.2C11H13N.C8H6ClN.C8H6FN.5C2H6/c1-3-9(2)10-4-5-12-11(8-10)6-7-13-12;1-8(2)9-3-4-11-10(7-9)5-6-12-11;1-2-3-9-4-5-11-10(8-9)6-7-12-11;2*9-7-1-2-8-6(5-7)3-4-10-8;5*1-2/h4-9,13H,3H2,1-2H3;3-8,12H,1-2H3;4-8,12H,2-3H2,1H3;2*1-5,10H;5*1-2H3. The Morgan fingerprint density at radius 2 is 0.776 bits per heavy atom. The first-order valence-electron chi connectivity index (χ1n) is 24.9. The summed E-state index contributed by atoms with van der Waals surface area (Å²) in [6.45, 7) is 31.1. The summed E-state index contributed by atoms with van der Waals surface area (Å²) >= 11 is 5.76. The van der Waals surface area contributed by atoms with Crippen molar-refractivity contribution in [1.82, 2.24) is 24.9 Å². The number of H-pyrrole nitrogens is 5. The molecule has 67 heavy (non-hydrogen) atoms. The zero-order valence-electron chi connectivity index (χ0n) is 43.5. The molecule has 0 fully saturated rings. The van der Waals surface area contributed by atoms with Crippen LogP contribution >= 0.6 is 11.6 Å². The van der Waals surface area contributed by atoms with Crippen molar-refractivity contribution in [2.75, 3.05) is 0 Å². The minimum atomic E-state index is -0.188. The fourth-order valence-corrected chi connectivity index (χ4v) is 6.82. The van der Waals surface area contributed by atoms with Crippen molar-refractivity contribution in [3.05, 3.63) is 180 Å². The molecule has 0 bridgehead atoms. The van der Waals surface area contributed by atoms with E-state index in [1.165, 1.54) is 80.8 Å². The Bertz CT molecular complexity index is 2670. The molecule has 1 atom stereocenters. The van der Waals surface area contributed by atoms with Crippen molar-refractivity contribution in [1.29, 1.82) is 0 Å². The van der Waals surface area contributed by atoms with Gasteiger partial charge in [0.05, 0.1) is 0 Å². The second-order valence-corrected chi connectivity index (χ2v) is 15.1. The van der Waals surface area contributed by atoms with Crippen LogP contribution in [0.2, 0.25) is 5.02 Å². The predicted molar refractivity (Wildman–Crippen MR) is 300 cm³/mol. The number of aromatic nitrogens is 5. The monoisotopic (exact) mass is 928 g/mol. The number of benzene rings is 5. The van der Waals surface area contributed by atoms with Gasteiger partial charge in [0.1, 0.15) is 5.82 Å². The highest BCUT2D eigenvalue weighted by atomic mass is 35.5. The molecule has 5 nitrogen and oxygen atoms in total. The first-order valence-corrected chi connectivity index (χ1v) is 25.2. The maximum atomic E-state index is 12.5. The van der Waals surface area contributed by atoms with Crippen LogP contribution in [0.1, 0.15) is 145 Å². The largest absolute Gasteiger partial charge is 0.361 e. The van der Waals surface area contributed by atoms with Gasteiger partial charge in [-0.1, -0.05) is 140 Å². The third-order valence-electron chi connectivity index (χ3n) is 10.2. The fourth-order valence-electron chi connectivity index (χ4n) is 6.64. The molecule has 0 aliphatic heterocycles. The minimum Gasteiger partial charge on any atom is -0.361 e. The Kier molecular flexibility index (Phi) is 30.3. The molecule has 7 heteroatoms. The van der Waals surface area contributed by atoms with Crippen LogP contribution < -0.4 is 0 Å². The first kappa shape index (κ1) is 59.0. The van der Waals surface area contributed by atoms with Gasteiger partial charge in [-0.3, -0.25) is 0 Å². The number of rotatable bonds is 5. The normalized spacial score (nSPS) is 10.1. The van der Waals surface area contributed by atoms with Crippen LogP contribution in [0.5, 0.6) is 0 Å². The van der Waals surface area contributed by atoms with Crippen LogP contribution in [-0.2, 0) is 6.42 Å². The van der Waals surface area contributed by atoms with E-state index in [9.17, 15) is 4.39 Å². The molecule has 5 aromatic carbocycles. The Balaban J connectivity index is 0.000000400. The molecule has 0 radical (unpaired) electrons. The lowest BCUT2D eigenvalue weighted by Crippen LogP contribution is -1.89. The number of fused-ring (bicyclic) bond motifs is 5. The van der Waals surface area contributed by atoms with Crippen molar-refractivity contribution < 1.29 is 4.39 Å². The summed E-state index contributed by atoms with van der Waals surface area (Å²) in [4.78, 5) is 15.6. The molecule has 0 aliphatic carbocycles. The molecular weight excluding hydrogens is 845 g/mol. The lowest BCUT2D eigenvalue weighted by molar-refractivity contribution is 0.629. The van der Waals surface area contributed by atoms with Crippen molar-refractivity contribution >= 4 is 66.1 Å². The number of halogens is 2. The zero-order valence-corrected chi connectivity index (χ0v) is 44.2. The molecule has 0 aliphatic rings. The van der Waals surface area contributed by atoms with Crippen molar-refractivity contribution in [2.45, 2.75) is 135 Å². The lowest BCUT2D eigenvalue weighted by Gasteiger charge is -2.08. The van der Waals surface area contributed by atoms with E-state index < -0.39 is 0 Å². The summed E-state index contributed by atoms with van der Waals surface area (Å²) in [6, 6.07) is 40.5. The molecule has 1 unspecified atom stereocenters. The lowest BCUT2D eigenvalue weighted by atomic mass is 9.98. The summed E-state index contributed by atoms with van der Waals surface area (Å²) in [6.07, 6.45) is 13.3. The minimum absolute atomic E-state index is 0.188. The van der Waals surface area contributed by atoms with Crippen LogP contribution in [0.25, 0.3) is 54.5 Å². The Labute approximate surface area is 408 Å². The first-order chi connectivity index (χ1) is 32.7. The second kappa shape index (κ2) is 34.3. The Morgan fingerprint density at radius 1 is 0.418 bits per heavy atom. The van der Waals surface area contributed by atoms with Crippen LogP contribution in [0.4, 0.5) is 4.39 Å². The Hall–Kier alpha value is -5.98. The number of hydrogen-bond acceptors (Lipinski definition) is 0. The van der Waals surface area contributed by atoms with E-state index in [-0.39, 0.29) is 5.82 Å². The molecule has 5 aromatic heterocycles. The van der Waals surface area contributed by atoms with Crippen LogP contribution in [0.3, 0.4) is 0 Å². The average molecular weight is 929 g/mol. The highest BCUT2D eigenvalue weighted by Gasteiger charge is 2.04. The maximum Gasteiger partial charge on any atom is 0.123 e. The number of nitrogens with one attached hydrogen (secondary N) is 5. The van der Waals surface area contributed by atoms with Crippen molar-refractivity contribution in [3.63, 3.8) is 0 Å². The van der Waals surface area contributed by atoms with Gasteiger partial charge in [-0.25, -0.2) is 4.39 Å². The highest BCUT2D eigenvalue weighted by Crippen LogP contribution is 2.23. The van der Waals surface area contributed by atoms with E-state index in [1.54, 1.807) is 12.3 Å². The van der Waals surface area contributed by atoms with Gasteiger partial charge in [-0.15, -0.1) is 0 Å². The molecular formula is C60H83ClFN5. The summed E-state index contributed by atoms with van der Waals surface area (Å²) in [5.41, 5.74) is 10.1. The quantitative estimate of drug-likeness (QED) is 0.114. The number of aryl methyl sites for hydroxylation is 1. The summed E-state index contributed by atoms with van der Waals surface area (Å²) in [5, 5.41) is 6.81. The average Bonchev–Trinajstić information content (AvgIpc) is 4.26. The Morgan fingerprint density at radius 3 is 1.21 bits per heavy atom. The van der Waals surface area contributed by atoms with Gasteiger partial charge in [-0.05, 0) is 161 Å². The van der Waals surface area contributed by atoms with E-state index in [1.807, 2.05) is 124 Å². The maximum absolute atomic E-state index is 12.5. The highest BCUT2D eigenvalue weighted by molar-refractivity contribution is 6.31. The van der Waals surface area contributed by atoms with Gasteiger partial charge in [-0.2, -0.15) is 0 Å². The summed E-state index contributed by atoms with van der Waals surface area (Å²) in [7, 11) is 0. The van der Waals surface area contributed by atoms with Gasteiger partial charge in [0.25, 0.3) is 0 Å². The van der Waals surface area contributed by atoms with Gasteiger partial charge < -0.3 is 24.9 Å². The summed E-state index contributed by atoms with van der Waals surface area (Å²) < 4.78 is 12.5. The van der Waals surface area contributed by atoms with Crippen LogP contribution in [0, 0.1) is 5.82 Å². The van der Waals surface area contributed by atoms with Gasteiger partial charge in [0.15, 0.2) is 0 Å². The second-order valence-electron chi connectivity index (χ2n) is 14.7.